The molecule has 2 N–H and O–H groups in total. The number of para-hydroxylation sites is 2. The van der Waals surface area contributed by atoms with E-state index in [9.17, 15) is 14.7 Å². The Balaban J connectivity index is 1.34. The molecule has 3 heterocycles. The molecule has 0 saturated carbocycles. The van der Waals surface area contributed by atoms with Gasteiger partial charge in [0, 0.05) is 23.6 Å². The minimum atomic E-state index is -3.22. The Morgan fingerprint density at radius 3 is 2.41 bits per heavy atom. The Kier molecular flexibility index (Phi) is 6.13. The molecule has 0 bridgehead atoms. The molecule has 4 atom stereocenters. The van der Waals surface area contributed by atoms with Crippen molar-refractivity contribution in [2.75, 3.05) is 11.5 Å². The SMILES string of the molecule is C[C@@H]1[C@@H]([Si](C)(C)F)[C@H](CCO)O[C@@]12C(=O)N(Cc1ccc(-n3[nH]c4ccccc4c3=O)cc1)c1ccccc12. The number of rotatable bonds is 6. The quantitative estimate of drug-likeness (QED) is 0.263. The second-order valence-electron chi connectivity index (χ2n) is 11.2. The molecule has 39 heavy (non-hydrogen) atoms. The van der Waals surface area contributed by atoms with Gasteiger partial charge in [-0.15, -0.1) is 0 Å². The maximum atomic E-state index is 15.6. The van der Waals surface area contributed by atoms with Crippen molar-refractivity contribution in [2.45, 2.75) is 50.2 Å². The van der Waals surface area contributed by atoms with Crippen LogP contribution in [0, 0.1) is 5.92 Å². The summed E-state index contributed by atoms with van der Waals surface area (Å²) in [6.45, 7) is 5.41. The molecule has 1 fully saturated rings. The summed E-state index contributed by atoms with van der Waals surface area (Å²) < 4.78 is 23.6. The molecule has 6 rings (SSSR count). The molecule has 3 aromatic carbocycles. The van der Waals surface area contributed by atoms with Gasteiger partial charge in [-0.3, -0.25) is 14.7 Å². The van der Waals surface area contributed by atoms with Crippen molar-refractivity contribution in [1.29, 1.82) is 0 Å². The number of carbonyl (C=O) groups excluding carboxylic acids is 1. The second-order valence-corrected chi connectivity index (χ2v) is 15.0. The van der Waals surface area contributed by atoms with Crippen molar-refractivity contribution in [2.24, 2.45) is 5.92 Å². The van der Waals surface area contributed by atoms with Gasteiger partial charge in [0.05, 0.1) is 34.9 Å². The Labute approximate surface area is 227 Å². The zero-order chi connectivity index (χ0) is 27.5. The minimum absolute atomic E-state index is 0.123. The van der Waals surface area contributed by atoms with E-state index in [2.05, 4.69) is 5.10 Å². The van der Waals surface area contributed by atoms with E-state index in [1.54, 1.807) is 24.1 Å². The van der Waals surface area contributed by atoms with Gasteiger partial charge in [0.15, 0.2) is 5.60 Å². The smallest absolute Gasteiger partial charge is 0.279 e. The number of aliphatic hydroxyl groups excluding tert-OH is 1. The Morgan fingerprint density at radius 2 is 1.72 bits per heavy atom. The monoisotopic (exact) mass is 545 g/mol. The molecular weight excluding hydrogens is 513 g/mol. The largest absolute Gasteiger partial charge is 0.396 e. The highest BCUT2D eigenvalue weighted by atomic mass is 28.4. The van der Waals surface area contributed by atoms with Crippen molar-refractivity contribution in [3.8, 4) is 5.69 Å². The van der Waals surface area contributed by atoms with Gasteiger partial charge in [-0.25, -0.2) is 4.68 Å². The fraction of sp³-hybridized carbons (Fsp3) is 0.333. The number of aromatic nitrogens is 2. The number of anilines is 1. The van der Waals surface area contributed by atoms with Crippen molar-refractivity contribution in [3.63, 3.8) is 0 Å². The summed E-state index contributed by atoms with van der Waals surface area (Å²) in [6, 6.07) is 22.5. The van der Waals surface area contributed by atoms with Gasteiger partial charge < -0.3 is 18.9 Å². The van der Waals surface area contributed by atoms with E-state index in [0.29, 0.717) is 24.0 Å². The number of nitrogens with zero attached hydrogens (tertiary/aromatic N) is 2. The summed E-state index contributed by atoms with van der Waals surface area (Å²) in [7, 11) is -3.22. The van der Waals surface area contributed by atoms with Crippen LogP contribution in [0.1, 0.15) is 24.5 Å². The lowest BCUT2D eigenvalue weighted by Gasteiger charge is -2.31. The van der Waals surface area contributed by atoms with E-state index in [1.807, 2.05) is 73.7 Å². The van der Waals surface area contributed by atoms with Gasteiger partial charge in [-0.05, 0) is 55.4 Å². The number of aromatic amines is 1. The van der Waals surface area contributed by atoms with E-state index in [1.165, 1.54) is 4.68 Å². The summed E-state index contributed by atoms with van der Waals surface area (Å²) in [5.74, 6) is -0.577. The fourth-order valence-electron chi connectivity index (χ4n) is 6.73. The third kappa shape index (κ3) is 3.90. The number of benzene rings is 3. The van der Waals surface area contributed by atoms with Gasteiger partial charge in [0.1, 0.15) is 0 Å². The van der Waals surface area contributed by atoms with Gasteiger partial charge in [-0.2, -0.15) is 0 Å². The minimum Gasteiger partial charge on any atom is -0.396 e. The zero-order valence-electron chi connectivity index (χ0n) is 22.2. The number of carbonyl (C=O) groups is 1. The number of hydrogen-bond acceptors (Lipinski definition) is 4. The summed E-state index contributed by atoms with van der Waals surface area (Å²) in [6.07, 6.45) is -0.233. The van der Waals surface area contributed by atoms with Crippen LogP contribution >= 0.6 is 0 Å². The van der Waals surface area contributed by atoms with Gasteiger partial charge >= 0.3 is 0 Å². The Bertz CT molecular complexity index is 1610. The first-order valence-corrected chi connectivity index (χ1v) is 16.3. The molecule has 9 heteroatoms. The average Bonchev–Trinajstić information content (AvgIpc) is 3.49. The van der Waals surface area contributed by atoms with Crippen LogP contribution in [-0.2, 0) is 21.7 Å². The van der Waals surface area contributed by atoms with Crippen LogP contribution in [0.3, 0.4) is 0 Å². The van der Waals surface area contributed by atoms with Crippen LogP contribution in [0.4, 0.5) is 9.80 Å². The standard InChI is InChI=1S/C30H32FN3O4Si/c1-19-27(39(2,3)31)26(16-17-35)38-30(19)23-9-5-7-11-25(23)33(29(30)37)18-20-12-14-21(15-13-20)34-28(36)22-8-4-6-10-24(22)32-34/h4-15,19,26-27,32,35H,16-18H2,1-3H3/t19-,26+,27-,30+/m1/s1. The van der Waals surface area contributed by atoms with E-state index in [0.717, 1.165) is 22.3 Å². The third-order valence-electron chi connectivity index (χ3n) is 8.41. The predicted molar refractivity (Wildman–Crippen MR) is 151 cm³/mol. The summed E-state index contributed by atoms with van der Waals surface area (Å²) in [5.41, 5.74) is 2.03. The molecule has 2 aliphatic rings. The van der Waals surface area contributed by atoms with Crippen molar-refractivity contribution in [3.05, 3.63) is 94.3 Å². The van der Waals surface area contributed by atoms with Crippen LogP contribution in [0.5, 0.6) is 0 Å². The molecule has 4 aromatic rings. The van der Waals surface area contributed by atoms with Gasteiger partial charge in [-0.1, -0.05) is 49.4 Å². The highest BCUT2D eigenvalue weighted by molar-refractivity contribution is 6.72. The zero-order valence-corrected chi connectivity index (χ0v) is 23.2. The van der Waals surface area contributed by atoms with Gasteiger partial charge in [0.2, 0.25) is 8.41 Å². The highest BCUT2D eigenvalue weighted by Crippen LogP contribution is 2.60. The highest BCUT2D eigenvalue weighted by Gasteiger charge is 2.66. The number of halogens is 1. The second kappa shape index (κ2) is 9.29. The number of nitrogens with one attached hydrogen (secondary N) is 1. The first kappa shape index (κ1) is 25.7. The van der Waals surface area contributed by atoms with E-state index >= 15 is 4.11 Å². The Hall–Kier alpha value is -3.53. The molecule has 0 radical (unpaired) electrons. The van der Waals surface area contributed by atoms with Crippen LogP contribution in [0.2, 0.25) is 18.6 Å². The van der Waals surface area contributed by atoms with Gasteiger partial charge in [0.25, 0.3) is 11.5 Å². The third-order valence-corrected chi connectivity index (χ3v) is 10.9. The number of hydrogen-bond donors (Lipinski definition) is 2. The molecule has 0 aliphatic carbocycles. The van der Waals surface area contributed by atoms with Crippen molar-refractivity contribution < 1.29 is 18.7 Å². The lowest BCUT2D eigenvalue weighted by molar-refractivity contribution is -0.146. The molecular formula is C30H32FN3O4Si. The average molecular weight is 546 g/mol. The van der Waals surface area contributed by atoms with Crippen LogP contribution < -0.4 is 10.5 Å². The van der Waals surface area contributed by atoms with E-state index in [4.69, 9.17) is 4.74 Å². The molecule has 202 valence electrons. The first-order chi connectivity index (χ1) is 18.7. The fourth-order valence-corrected chi connectivity index (χ4v) is 9.27. The molecule has 2 aliphatic heterocycles. The van der Waals surface area contributed by atoms with Crippen LogP contribution in [0.15, 0.2) is 77.6 Å². The van der Waals surface area contributed by atoms with Crippen molar-refractivity contribution >= 4 is 30.9 Å². The topological polar surface area (TPSA) is 87.6 Å². The molecule has 1 spiro atoms. The lowest BCUT2D eigenvalue weighted by Crippen LogP contribution is -2.45. The number of H-pyrrole nitrogens is 1. The molecule has 1 saturated heterocycles. The number of amides is 1. The molecule has 1 aromatic heterocycles. The Morgan fingerprint density at radius 1 is 1.03 bits per heavy atom. The number of fused-ring (bicyclic) bond motifs is 3. The summed E-state index contributed by atoms with van der Waals surface area (Å²) in [4.78, 5) is 28.8. The van der Waals surface area contributed by atoms with Crippen LogP contribution in [-0.4, -0.2) is 41.9 Å². The molecule has 1 amide bonds. The van der Waals surface area contributed by atoms with E-state index < -0.39 is 25.7 Å². The molecule has 7 nitrogen and oxygen atoms in total. The maximum Gasteiger partial charge on any atom is 0.279 e. The lowest BCUT2D eigenvalue weighted by atomic mass is 9.82. The maximum absolute atomic E-state index is 15.6. The van der Waals surface area contributed by atoms with E-state index in [-0.39, 0.29) is 24.0 Å². The number of aliphatic hydroxyl groups is 1. The number of ether oxygens (including phenoxy) is 1. The predicted octanol–water partition coefficient (Wildman–Crippen LogP) is 5.02. The first-order valence-electron chi connectivity index (χ1n) is 13.3. The normalized spacial score (nSPS) is 24.7. The van der Waals surface area contributed by atoms with Crippen LogP contribution in [0.25, 0.3) is 16.6 Å². The summed E-state index contributed by atoms with van der Waals surface area (Å²) in [5, 5.41) is 13.5. The summed E-state index contributed by atoms with van der Waals surface area (Å²) >= 11 is 0. The molecule has 0 unspecified atom stereocenters. The van der Waals surface area contributed by atoms with Crippen molar-refractivity contribution in [1.82, 2.24) is 9.78 Å².